The topological polar surface area (TPSA) is 64.3 Å². The maximum Gasteiger partial charge on any atom is 0.262 e. The molecular formula is C14H11Cl2FN2O2. The number of halogens is 3. The smallest absolute Gasteiger partial charge is 0.262 e. The van der Waals surface area contributed by atoms with Gasteiger partial charge in [0, 0.05) is 11.8 Å². The minimum absolute atomic E-state index is 0.0433. The highest BCUT2D eigenvalue weighted by Crippen LogP contribution is 2.26. The summed E-state index contributed by atoms with van der Waals surface area (Å²) in [5.41, 5.74) is 5.75. The van der Waals surface area contributed by atoms with E-state index in [2.05, 4.69) is 5.32 Å². The van der Waals surface area contributed by atoms with Crippen molar-refractivity contribution in [3.05, 3.63) is 52.3 Å². The van der Waals surface area contributed by atoms with Gasteiger partial charge in [-0.25, -0.2) is 4.39 Å². The lowest BCUT2D eigenvalue weighted by molar-refractivity contribution is -0.118. The van der Waals surface area contributed by atoms with Gasteiger partial charge in [-0.3, -0.25) is 4.79 Å². The normalized spacial score (nSPS) is 10.2. The summed E-state index contributed by atoms with van der Waals surface area (Å²) in [5, 5.41) is 3.27. The van der Waals surface area contributed by atoms with Crippen molar-refractivity contribution in [1.82, 2.24) is 0 Å². The lowest BCUT2D eigenvalue weighted by atomic mass is 10.2. The monoisotopic (exact) mass is 328 g/mol. The van der Waals surface area contributed by atoms with Crippen LogP contribution in [0.5, 0.6) is 5.75 Å². The first-order chi connectivity index (χ1) is 9.95. The van der Waals surface area contributed by atoms with Crippen LogP contribution in [0, 0.1) is 5.82 Å². The molecule has 7 heteroatoms. The predicted octanol–water partition coefficient (Wildman–Crippen LogP) is 3.73. The van der Waals surface area contributed by atoms with Gasteiger partial charge >= 0.3 is 0 Å². The molecular weight excluding hydrogens is 318 g/mol. The molecule has 0 heterocycles. The van der Waals surface area contributed by atoms with E-state index < -0.39 is 11.7 Å². The highest BCUT2D eigenvalue weighted by molar-refractivity contribution is 6.42. The van der Waals surface area contributed by atoms with Crippen LogP contribution in [0.4, 0.5) is 15.8 Å². The van der Waals surface area contributed by atoms with Crippen molar-refractivity contribution < 1.29 is 13.9 Å². The van der Waals surface area contributed by atoms with Gasteiger partial charge in [-0.1, -0.05) is 23.2 Å². The van der Waals surface area contributed by atoms with Crippen LogP contribution in [0.1, 0.15) is 0 Å². The number of carbonyl (C=O) groups is 1. The first-order valence-corrected chi connectivity index (χ1v) is 6.64. The minimum Gasteiger partial charge on any atom is -0.484 e. The number of nitrogens with two attached hydrogens (primary N) is 1. The summed E-state index contributed by atoms with van der Waals surface area (Å²) in [4.78, 5) is 11.7. The Hall–Kier alpha value is -1.98. The third-order valence-electron chi connectivity index (χ3n) is 2.54. The second-order valence-electron chi connectivity index (χ2n) is 4.15. The third kappa shape index (κ3) is 4.24. The van der Waals surface area contributed by atoms with Gasteiger partial charge in [0.05, 0.1) is 15.7 Å². The molecule has 110 valence electrons. The van der Waals surface area contributed by atoms with E-state index in [9.17, 15) is 9.18 Å². The molecule has 0 atom stereocenters. The van der Waals surface area contributed by atoms with Crippen molar-refractivity contribution in [2.45, 2.75) is 0 Å². The molecule has 0 aliphatic heterocycles. The molecule has 4 nitrogen and oxygen atoms in total. The van der Waals surface area contributed by atoms with Crippen LogP contribution in [0.2, 0.25) is 10.0 Å². The molecule has 0 spiro atoms. The summed E-state index contributed by atoms with van der Waals surface area (Å²) in [6.07, 6.45) is 0. The lowest BCUT2D eigenvalue weighted by Gasteiger charge is -2.09. The second-order valence-corrected chi connectivity index (χ2v) is 4.96. The molecule has 0 bridgehead atoms. The number of carbonyl (C=O) groups excluding carboxylic acids is 1. The zero-order chi connectivity index (χ0) is 15.4. The van der Waals surface area contributed by atoms with Gasteiger partial charge in [0.1, 0.15) is 11.6 Å². The molecule has 21 heavy (non-hydrogen) atoms. The van der Waals surface area contributed by atoms with E-state index in [0.717, 1.165) is 0 Å². The Labute approximate surface area is 130 Å². The summed E-state index contributed by atoms with van der Waals surface area (Å²) in [7, 11) is 0. The number of ether oxygens (including phenoxy) is 1. The zero-order valence-corrected chi connectivity index (χ0v) is 12.2. The number of amides is 1. The Morgan fingerprint density at radius 1 is 1.19 bits per heavy atom. The number of hydrogen-bond acceptors (Lipinski definition) is 3. The van der Waals surface area contributed by atoms with E-state index in [-0.39, 0.29) is 12.3 Å². The highest BCUT2D eigenvalue weighted by atomic mass is 35.5. The standard InChI is InChI=1S/C14H11Cl2FN2O2/c15-10-3-2-9(6-11(10)16)21-7-14(20)19-8-1-4-12(17)13(18)5-8/h1-6H,7,18H2,(H,19,20). The Morgan fingerprint density at radius 3 is 2.62 bits per heavy atom. The van der Waals surface area contributed by atoms with Crippen LogP contribution >= 0.6 is 23.2 Å². The molecule has 0 radical (unpaired) electrons. The largest absolute Gasteiger partial charge is 0.484 e. The van der Waals surface area contributed by atoms with Gasteiger partial charge in [0.15, 0.2) is 6.61 Å². The molecule has 2 aromatic rings. The first kappa shape index (κ1) is 15.4. The summed E-state index contributed by atoms with van der Waals surface area (Å²) >= 11 is 11.6. The summed E-state index contributed by atoms with van der Waals surface area (Å²) in [6.45, 7) is -0.227. The Bertz CT molecular complexity index is 680. The number of hydrogen-bond donors (Lipinski definition) is 2. The molecule has 0 saturated carbocycles. The summed E-state index contributed by atoms with van der Waals surface area (Å²) in [6, 6.07) is 8.57. The Balaban J connectivity index is 1.92. The van der Waals surface area contributed by atoms with Crippen molar-refractivity contribution in [2.75, 3.05) is 17.7 Å². The first-order valence-electron chi connectivity index (χ1n) is 5.88. The molecule has 1 amide bonds. The third-order valence-corrected chi connectivity index (χ3v) is 3.28. The van der Waals surface area contributed by atoms with E-state index >= 15 is 0 Å². The number of anilines is 2. The number of nitrogen functional groups attached to an aromatic ring is 1. The van der Waals surface area contributed by atoms with Crippen LogP contribution in [-0.2, 0) is 4.79 Å². The molecule has 2 aromatic carbocycles. The molecule has 3 N–H and O–H groups in total. The maximum absolute atomic E-state index is 13.0. The van der Waals surface area contributed by atoms with Gasteiger partial charge in [0.2, 0.25) is 0 Å². The van der Waals surface area contributed by atoms with Crippen molar-refractivity contribution in [3.63, 3.8) is 0 Å². The molecule has 0 saturated heterocycles. The van der Waals surface area contributed by atoms with Gasteiger partial charge in [0.25, 0.3) is 5.91 Å². The molecule has 0 aromatic heterocycles. The number of benzene rings is 2. The minimum atomic E-state index is -0.542. The van der Waals surface area contributed by atoms with E-state index in [0.29, 0.717) is 21.5 Å². The molecule has 0 fully saturated rings. The fourth-order valence-electron chi connectivity index (χ4n) is 1.53. The van der Waals surface area contributed by atoms with Crippen LogP contribution in [0.3, 0.4) is 0 Å². The van der Waals surface area contributed by atoms with E-state index in [1.54, 1.807) is 12.1 Å². The van der Waals surface area contributed by atoms with Crippen molar-refractivity contribution in [1.29, 1.82) is 0 Å². The average molecular weight is 329 g/mol. The summed E-state index contributed by atoms with van der Waals surface area (Å²) in [5.74, 6) is -0.537. The summed E-state index contributed by atoms with van der Waals surface area (Å²) < 4.78 is 18.3. The van der Waals surface area contributed by atoms with Gasteiger partial charge in [-0.05, 0) is 30.3 Å². The van der Waals surface area contributed by atoms with E-state index in [1.165, 1.54) is 24.3 Å². The van der Waals surface area contributed by atoms with Crippen molar-refractivity contribution >= 4 is 40.5 Å². The fourth-order valence-corrected chi connectivity index (χ4v) is 1.82. The van der Waals surface area contributed by atoms with Crippen molar-refractivity contribution in [2.24, 2.45) is 0 Å². The van der Waals surface area contributed by atoms with Crippen LogP contribution < -0.4 is 15.8 Å². The van der Waals surface area contributed by atoms with Gasteiger partial charge in [-0.2, -0.15) is 0 Å². The second kappa shape index (κ2) is 6.65. The number of nitrogens with one attached hydrogen (secondary N) is 1. The van der Waals surface area contributed by atoms with Crippen molar-refractivity contribution in [3.8, 4) is 5.75 Å². The van der Waals surface area contributed by atoms with Gasteiger partial charge in [-0.15, -0.1) is 0 Å². The highest BCUT2D eigenvalue weighted by Gasteiger charge is 2.07. The lowest BCUT2D eigenvalue weighted by Crippen LogP contribution is -2.20. The fraction of sp³-hybridized carbons (Fsp3) is 0.0714. The maximum atomic E-state index is 13.0. The Kier molecular flexibility index (Phi) is 4.88. The predicted molar refractivity (Wildman–Crippen MR) is 81.4 cm³/mol. The van der Waals surface area contributed by atoms with E-state index in [1.807, 2.05) is 0 Å². The molecule has 2 rings (SSSR count). The quantitative estimate of drug-likeness (QED) is 0.840. The van der Waals surface area contributed by atoms with Crippen LogP contribution in [-0.4, -0.2) is 12.5 Å². The van der Waals surface area contributed by atoms with Crippen LogP contribution in [0.15, 0.2) is 36.4 Å². The van der Waals surface area contributed by atoms with Crippen LogP contribution in [0.25, 0.3) is 0 Å². The average Bonchev–Trinajstić information content (AvgIpc) is 2.44. The number of rotatable bonds is 4. The molecule has 0 aliphatic carbocycles. The Morgan fingerprint density at radius 2 is 1.95 bits per heavy atom. The van der Waals surface area contributed by atoms with Gasteiger partial charge < -0.3 is 15.8 Å². The molecule has 0 unspecified atom stereocenters. The van der Waals surface area contributed by atoms with E-state index in [4.69, 9.17) is 33.7 Å². The SMILES string of the molecule is Nc1cc(NC(=O)COc2ccc(Cl)c(Cl)c2)ccc1F. The zero-order valence-electron chi connectivity index (χ0n) is 10.7. The molecule has 0 aliphatic rings.